The van der Waals surface area contributed by atoms with Gasteiger partial charge in [-0.05, 0) is 51.5 Å². The molecule has 1 fully saturated rings. The number of aliphatic hydroxyl groups excluding tert-OH is 1. The molecule has 2 heterocycles. The molecule has 1 atom stereocenters. The minimum absolute atomic E-state index is 0.403. The number of hydrogen-bond acceptors (Lipinski definition) is 5. The van der Waals surface area contributed by atoms with Gasteiger partial charge in [0.1, 0.15) is 0 Å². The van der Waals surface area contributed by atoms with Crippen LogP contribution in [0.2, 0.25) is 0 Å². The smallest absolute Gasteiger partial charge is 0.0900 e. The molecule has 0 aromatic carbocycles. The van der Waals surface area contributed by atoms with Gasteiger partial charge in [-0.1, -0.05) is 6.07 Å². The minimum Gasteiger partial charge on any atom is -0.389 e. The first kappa shape index (κ1) is 15.9. The highest BCUT2D eigenvalue weighted by Gasteiger charge is 2.22. The first-order valence-electron chi connectivity index (χ1n) is 7.32. The zero-order valence-electron chi connectivity index (χ0n) is 12.5. The van der Waals surface area contributed by atoms with E-state index >= 15 is 0 Å². The van der Waals surface area contributed by atoms with E-state index in [4.69, 9.17) is 4.74 Å². The first-order valence-corrected chi connectivity index (χ1v) is 8.20. The highest BCUT2D eigenvalue weighted by Crippen LogP contribution is 2.14. The standard InChI is InChI=1S/C15H26N2O2S/c1-16-7-5-13(6-8-16)17(2)10-14(18)11-19-12-15-4-3-9-20-15/h3-4,9,13-14,18H,5-8,10-12H2,1-2H3/t14-/m1/s1. The van der Waals surface area contributed by atoms with E-state index in [1.807, 2.05) is 11.4 Å². The average Bonchev–Trinajstić information content (AvgIpc) is 2.92. The number of piperidine rings is 1. The summed E-state index contributed by atoms with van der Waals surface area (Å²) in [5.74, 6) is 0. The molecule has 0 saturated carbocycles. The Balaban J connectivity index is 1.62. The van der Waals surface area contributed by atoms with Crippen molar-refractivity contribution in [2.75, 3.05) is 40.3 Å². The molecule has 1 N–H and O–H groups in total. The topological polar surface area (TPSA) is 35.9 Å². The normalized spacial score (nSPS) is 19.6. The Hall–Kier alpha value is -0.460. The summed E-state index contributed by atoms with van der Waals surface area (Å²) in [4.78, 5) is 5.86. The van der Waals surface area contributed by atoms with Gasteiger partial charge in [-0.15, -0.1) is 11.3 Å². The van der Waals surface area contributed by atoms with E-state index in [1.165, 1.54) is 17.7 Å². The van der Waals surface area contributed by atoms with Crippen molar-refractivity contribution in [3.8, 4) is 0 Å². The fourth-order valence-electron chi connectivity index (χ4n) is 2.66. The van der Waals surface area contributed by atoms with Gasteiger partial charge >= 0.3 is 0 Å². The number of aliphatic hydroxyl groups is 1. The van der Waals surface area contributed by atoms with Crippen LogP contribution < -0.4 is 0 Å². The third-order valence-corrected chi connectivity index (χ3v) is 4.79. The van der Waals surface area contributed by atoms with E-state index in [2.05, 4.69) is 30.0 Å². The number of ether oxygens (including phenoxy) is 1. The maximum Gasteiger partial charge on any atom is 0.0900 e. The van der Waals surface area contributed by atoms with Crippen LogP contribution in [0.5, 0.6) is 0 Å². The third kappa shape index (κ3) is 5.14. The largest absolute Gasteiger partial charge is 0.389 e. The lowest BCUT2D eigenvalue weighted by atomic mass is 10.0. The Morgan fingerprint density at radius 1 is 1.50 bits per heavy atom. The van der Waals surface area contributed by atoms with E-state index in [0.29, 0.717) is 25.8 Å². The van der Waals surface area contributed by atoms with Crippen LogP contribution in [0.3, 0.4) is 0 Å². The Bertz CT molecular complexity index is 364. The van der Waals surface area contributed by atoms with Crippen molar-refractivity contribution in [1.29, 1.82) is 0 Å². The molecule has 1 saturated heterocycles. The highest BCUT2D eigenvalue weighted by molar-refractivity contribution is 7.09. The molecule has 0 unspecified atom stereocenters. The van der Waals surface area contributed by atoms with Crippen molar-refractivity contribution >= 4 is 11.3 Å². The molecule has 4 nitrogen and oxygen atoms in total. The van der Waals surface area contributed by atoms with Gasteiger partial charge in [-0.25, -0.2) is 0 Å². The van der Waals surface area contributed by atoms with Crippen molar-refractivity contribution in [2.45, 2.75) is 31.6 Å². The fraction of sp³-hybridized carbons (Fsp3) is 0.733. The summed E-state index contributed by atoms with van der Waals surface area (Å²) in [6.07, 6.45) is 1.98. The molecule has 0 amide bonds. The molecule has 1 aromatic rings. The quantitative estimate of drug-likeness (QED) is 0.830. The molecule has 0 radical (unpaired) electrons. The lowest BCUT2D eigenvalue weighted by molar-refractivity contribution is 0.00350. The van der Waals surface area contributed by atoms with Crippen molar-refractivity contribution < 1.29 is 9.84 Å². The van der Waals surface area contributed by atoms with Crippen LogP contribution in [0.15, 0.2) is 17.5 Å². The van der Waals surface area contributed by atoms with Gasteiger partial charge in [0.05, 0.1) is 19.3 Å². The van der Waals surface area contributed by atoms with Crippen LogP contribution in [0, 0.1) is 0 Å². The van der Waals surface area contributed by atoms with E-state index < -0.39 is 6.10 Å². The van der Waals surface area contributed by atoms with Crippen molar-refractivity contribution in [1.82, 2.24) is 9.80 Å². The van der Waals surface area contributed by atoms with E-state index in [9.17, 15) is 5.11 Å². The molecule has 1 aromatic heterocycles. The van der Waals surface area contributed by atoms with Gasteiger partial charge < -0.3 is 19.6 Å². The van der Waals surface area contributed by atoms with Crippen molar-refractivity contribution in [3.63, 3.8) is 0 Å². The Labute approximate surface area is 126 Å². The number of rotatable bonds is 7. The average molecular weight is 298 g/mol. The Morgan fingerprint density at radius 2 is 2.25 bits per heavy atom. The molecule has 1 aliphatic heterocycles. The van der Waals surface area contributed by atoms with Crippen molar-refractivity contribution in [3.05, 3.63) is 22.4 Å². The van der Waals surface area contributed by atoms with Crippen LogP contribution in [0.25, 0.3) is 0 Å². The highest BCUT2D eigenvalue weighted by atomic mass is 32.1. The lowest BCUT2D eigenvalue weighted by Gasteiger charge is -2.35. The van der Waals surface area contributed by atoms with Crippen molar-refractivity contribution in [2.24, 2.45) is 0 Å². The first-order chi connectivity index (χ1) is 9.65. The van der Waals surface area contributed by atoms with E-state index in [1.54, 1.807) is 11.3 Å². The molecule has 20 heavy (non-hydrogen) atoms. The summed E-state index contributed by atoms with van der Waals surface area (Å²) in [6, 6.07) is 4.67. The summed E-state index contributed by atoms with van der Waals surface area (Å²) >= 11 is 1.69. The van der Waals surface area contributed by atoms with E-state index in [-0.39, 0.29) is 0 Å². The SMILES string of the molecule is CN1CCC(N(C)C[C@@H](O)COCc2cccs2)CC1. The third-order valence-electron chi connectivity index (χ3n) is 3.94. The van der Waals surface area contributed by atoms with Gasteiger partial charge in [0, 0.05) is 17.5 Å². The molecule has 0 aliphatic carbocycles. The molecule has 5 heteroatoms. The van der Waals surface area contributed by atoms with Gasteiger partial charge in [0.15, 0.2) is 0 Å². The number of likely N-dealkylation sites (N-methyl/N-ethyl adjacent to an activating group) is 1. The predicted octanol–water partition coefficient (Wildman–Crippen LogP) is 1.65. The summed E-state index contributed by atoms with van der Waals surface area (Å²) < 4.78 is 5.57. The molecule has 114 valence electrons. The molecular weight excluding hydrogens is 272 g/mol. The molecule has 0 bridgehead atoms. The molecule has 2 rings (SSSR count). The van der Waals surface area contributed by atoms with Crippen LogP contribution in [0.4, 0.5) is 0 Å². The Morgan fingerprint density at radius 3 is 2.90 bits per heavy atom. The summed E-state index contributed by atoms with van der Waals surface area (Å²) in [6.45, 7) is 4.01. The lowest BCUT2D eigenvalue weighted by Crippen LogP contribution is -2.45. The zero-order valence-corrected chi connectivity index (χ0v) is 13.3. The zero-order chi connectivity index (χ0) is 14.4. The second-order valence-corrected chi connectivity index (χ2v) is 6.75. The summed E-state index contributed by atoms with van der Waals surface area (Å²) in [7, 11) is 4.28. The number of likely N-dealkylation sites (tertiary alicyclic amines) is 1. The Kier molecular flexibility index (Phi) is 6.45. The molecule has 1 aliphatic rings. The minimum atomic E-state index is -0.403. The summed E-state index contributed by atoms with van der Waals surface area (Å²) in [5, 5.41) is 12.1. The van der Waals surface area contributed by atoms with Crippen LogP contribution in [0.1, 0.15) is 17.7 Å². The second kappa shape index (κ2) is 8.10. The second-order valence-electron chi connectivity index (χ2n) is 5.72. The van der Waals surface area contributed by atoms with Gasteiger partial charge in [0.25, 0.3) is 0 Å². The van der Waals surface area contributed by atoms with Gasteiger partial charge in [0.2, 0.25) is 0 Å². The molecular formula is C15H26N2O2S. The van der Waals surface area contributed by atoms with Gasteiger partial charge in [-0.2, -0.15) is 0 Å². The monoisotopic (exact) mass is 298 g/mol. The number of hydrogen-bond donors (Lipinski definition) is 1. The van der Waals surface area contributed by atoms with Gasteiger partial charge in [-0.3, -0.25) is 0 Å². The fourth-order valence-corrected chi connectivity index (χ4v) is 3.30. The maximum atomic E-state index is 10.1. The molecule has 0 spiro atoms. The number of nitrogens with zero attached hydrogens (tertiary/aromatic N) is 2. The van der Waals surface area contributed by atoms with Crippen LogP contribution in [-0.2, 0) is 11.3 Å². The van der Waals surface area contributed by atoms with Crippen LogP contribution >= 0.6 is 11.3 Å². The number of thiophene rings is 1. The van der Waals surface area contributed by atoms with E-state index in [0.717, 1.165) is 13.1 Å². The maximum absolute atomic E-state index is 10.1. The summed E-state index contributed by atoms with van der Waals surface area (Å²) in [5.41, 5.74) is 0. The van der Waals surface area contributed by atoms with Crippen LogP contribution in [-0.4, -0.2) is 67.4 Å². The predicted molar refractivity (Wildman–Crippen MR) is 83.1 cm³/mol.